The first-order chi connectivity index (χ1) is 13.6. The van der Waals surface area contributed by atoms with E-state index in [2.05, 4.69) is 28.8 Å². The number of nitrogens with zero attached hydrogens (tertiary/aromatic N) is 1. The molecule has 4 rings (SSSR count). The first-order valence-electron chi connectivity index (χ1n) is 8.88. The van der Waals surface area contributed by atoms with Crippen LogP contribution in [-0.4, -0.2) is 17.6 Å². The summed E-state index contributed by atoms with van der Waals surface area (Å²) in [6.45, 7) is 0. The Morgan fingerprint density at radius 1 is 1.07 bits per heavy atom. The van der Waals surface area contributed by atoms with Crippen LogP contribution in [0.5, 0.6) is 0 Å². The smallest absolute Gasteiger partial charge is 0.338 e. The van der Waals surface area contributed by atoms with Crippen LogP contribution in [0.3, 0.4) is 0 Å². The Morgan fingerprint density at radius 2 is 1.89 bits per heavy atom. The van der Waals surface area contributed by atoms with E-state index in [1.165, 1.54) is 7.11 Å². The van der Waals surface area contributed by atoms with Gasteiger partial charge >= 0.3 is 5.97 Å². The van der Waals surface area contributed by atoms with E-state index >= 15 is 0 Å². The van der Waals surface area contributed by atoms with Gasteiger partial charge in [0, 0.05) is 16.6 Å². The number of nitrogens with two attached hydrogens (primary N) is 1. The summed E-state index contributed by atoms with van der Waals surface area (Å²) in [5.41, 5.74) is 11.4. The molecular weight excluding hydrogens is 372 g/mol. The van der Waals surface area contributed by atoms with Gasteiger partial charge in [-0.15, -0.1) is 0 Å². The topological polar surface area (TPSA) is 57.2 Å². The van der Waals surface area contributed by atoms with Crippen molar-refractivity contribution < 1.29 is 9.53 Å². The molecule has 4 nitrogen and oxygen atoms in total. The zero-order chi connectivity index (χ0) is 19.7. The highest BCUT2D eigenvalue weighted by molar-refractivity contribution is 6.31. The summed E-state index contributed by atoms with van der Waals surface area (Å²) in [5, 5.41) is 1.62. The van der Waals surface area contributed by atoms with Crippen molar-refractivity contribution in [3.8, 4) is 5.69 Å². The molecule has 0 aliphatic rings. The summed E-state index contributed by atoms with van der Waals surface area (Å²) in [6.07, 6.45) is 2.62. The summed E-state index contributed by atoms with van der Waals surface area (Å²) in [7, 11) is 1.37. The molecule has 0 saturated heterocycles. The molecule has 1 heterocycles. The normalized spacial score (nSPS) is 10.9. The third kappa shape index (κ3) is 3.35. The number of rotatable bonds is 4. The standard InChI is InChI=1S/C23H19ClN2O2/c1-28-23(27)19-14-18(24)8-7-16(19)12-15-6-9-21-17(13-15)10-11-26(21)22-5-3-2-4-20(22)25/h2-11,13-14H,12,25H2,1H3. The number of ether oxygens (including phenoxy) is 1. The van der Waals surface area contributed by atoms with Gasteiger partial charge in [-0.25, -0.2) is 4.79 Å². The number of aromatic nitrogens is 1. The minimum Gasteiger partial charge on any atom is -0.465 e. The third-order valence-corrected chi connectivity index (χ3v) is 5.06. The number of para-hydroxylation sites is 2. The molecule has 3 aromatic carbocycles. The predicted octanol–water partition coefficient (Wildman–Crippen LogP) is 5.24. The highest BCUT2D eigenvalue weighted by atomic mass is 35.5. The van der Waals surface area contributed by atoms with Gasteiger partial charge in [0.05, 0.1) is 29.6 Å². The minimum atomic E-state index is -0.385. The van der Waals surface area contributed by atoms with Crippen LogP contribution in [0, 0.1) is 0 Å². The van der Waals surface area contributed by atoms with Gasteiger partial charge in [-0.1, -0.05) is 35.9 Å². The van der Waals surface area contributed by atoms with Crippen molar-refractivity contribution in [2.45, 2.75) is 6.42 Å². The van der Waals surface area contributed by atoms with Crippen molar-refractivity contribution in [1.29, 1.82) is 0 Å². The van der Waals surface area contributed by atoms with E-state index in [1.54, 1.807) is 12.1 Å². The second-order valence-corrected chi connectivity index (χ2v) is 7.04. The lowest BCUT2D eigenvalue weighted by Gasteiger charge is -2.11. The van der Waals surface area contributed by atoms with Crippen LogP contribution in [0.1, 0.15) is 21.5 Å². The maximum Gasteiger partial charge on any atom is 0.338 e. The second kappa shape index (κ2) is 7.41. The lowest BCUT2D eigenvalue weighted by molar-refractivity contribution is 0.0599. The number of nitrogen functional groups attached to an aromatic ring is 1. The Bertz CT molecular complexity index is 1180. The lowest BCUT2D eigenvalue weighted by atomic mass is 9.99. The summed E-state index contributed by atoms with van der Waals surface area (Å²) in [5.74, 6) is -0.385. The van der Waals surface area contributed by atoms with E-state index in [1.807, 2.05) is 36.5 Å². The maximum absolute atomic E-state index is 12.1. The van der Waals surface area contributed by atoms with Gasteiger partial charge in [0.1, 0.15) is 0 Å². The van der Waals surface area contributed by atoms with Crippen LogP contribution >= 0.6 is 11.6 Å². The fourth-order valence-electron chi connectivity index (χ4n) is 3.44. The quantitative estimate of drug-likeness (QED) is 0.382. The minimum absolute atomic E-state index is 0.385. The average Bonchev–Trinajstić information content (AvgIpc) is 3.12. The number of esters is 1. The Labute approximate surface area is 168 Å². The zero-order valence-corrected chi connectivity index (χ0v) is 16.1. The van der Waals surface area contributed by atoms with E-state index in [4.69, 9.17) is 22.1 Å². The molecule has 0 unspecified atom stereocenters. The van der Waals surface area contributed by atoms with Gasteiger partial charge in [-0.05, 0) is 60.0 Å². The number of hydrogen-bond acceptors (Lipinski definition) is 3. The first-order valence-corrected chi connectivity index (χ1v) is 9.26. The molecule has 0 saturated carbocycles. The fraction of sp³-hybridized carbons (Fsp3) is 0.0870. The highest BCUT2D eigenvalue weighted by Gasteiger charge is 2.14. The number of carbonyl (C=O) groups is 1. The Balaban J connectivity index is 1.71. The van der Waals surface area contributed by atoms with Crippen LogP contribution in [0.25, 0.3) is 16.6 Å². The molecule has 5 heteroatoms. The number of halogens is 1. The van der Waals surface area contributed by atoms with Gasteiger partial charge in [0.2, 0.25) is 0 Å². The summed E-state index contributed by atoms with van der Waals surface area (Å²) in [6, 6.07) is 21.4. The number of hydrogen-bond donors (Lipinski definition) is 1. The van der Waals surface area contributed by atoms with Gasteiger partial charge in [0.15, 0.2) is 0 Å². The molecule has 0 radical (unpaired) electrons. The first kappa shape index (κ1) is 18.1. The molecule has 0 fully saturated rings. The Morgan fingerprint density at radius 3 is 2.68 bits per heavy atom. The van der Waals surface area contributed by atoms with Gasteiger partial charge in [-0.3, -0.25) is 0 Å². The highest BCUT2D eigenvalue weighted by Crippen LogP contribution is 2.27. The number of carbonyl (C=O) groups excluding carboxylic acids is 1. The van der Waals surface area contributed by atoms with E-state index < -0.39 is 0 Å². The molecule has 0 atom stereocenters. The number of fused-ring (bicyclic) bond motifs is 1. The fourth-order valence-corrected chi connectivity index (χ4v) is 3.61. The van der Waals surface area contributed by atoms with Crippen molar-refractivity contribution in [1.82, 2.24) is 4.57 Å². The molecule has 28 heavy (non-hydrogen) atoms. The molecule has 0 aliphatic carbocycles. The van der Waals surface area contributed by atoms with Crippen LogP contribution in [0.15, 0.2) is 72.9 Å². The van der Waals surface area contributed by atoms with Gasteiger partial charge in [0.25, 0.3) is 0 Å². The SMILES string of the molecule is COC(=O)c1cc(Cl)ccc1Cc1ccc2c(ccn2-c2ccccc2N)c1. The molecule has 1 aromatic heterocycles. The largest absolute Gasteiger partial charge is 0.465 e. The van der Waals surface area contributed by atoms with Gasteiger partial charge in [-0.2, -0.15) is 0 Å². The number of anilines is 1. The molecular formula is C23H19ClN2O2. The summed E-state index contributed by atoms with van der Waals surface area (Å²) >= 11 is 6.05. The number of benzene rings is 3. The Kier molecular flexibility index (Phi) is 4.80. The van der Waals surface area contributed by atoms with E-state index in [9.17, 15) is 4.79 Å². The molecule has 0 aliphatic heterocycles. The zero-order valence-electron chi connectivity index (χ0n) is 15.4. The Hall–Kier alpha value is -3.24. The predicted molar refractivity (Wildman–Crippen MR) is 113 cm³/mol. The van der Waals surface area contributed by atoms with Crippen molar-refractivity contribution in [3.63, 3.8) is 0 Å². The van der Waals surface area contributed by atoms with Gasteiger partial charge < -0.3 is 15.0 Å². The van der Waals surface area contributed by atoms with Crippen molar-refractivity contribution >= 4 is 34.2 Å². The monoisotopic (exact) mass is 390 g/mol. The average molecular weight is 391 g/mol. The van der Waals surface area contributed by atoms with Crippen LogP contribution in [-0.2, 0) is 11.2 Å². The van der Waals surface area contributed by atoms with Crippen molar-refractivity contribution in [2.75, 3.05) is 12.8 Å². The molecule has 2 N–H and O–H groups in total. The summed E-state index contributed by atoms with van der Waals surface area (Å²) < 4.78 is 6.97. The number of methoxy groups -OCH3 is 1. The van der Waals surface area contributed by atoms with Crippen molar-refractivity contribution in [3.05, 3.63) is 94.6 Å². The lowest BCUT2D eigenvalue weighted by Crippen LogP contribution is -2.06. The third-order valence-electron chi connectivity index (χ3n) is 4.82. The van der Waals surface area contributed by atoms with E-state index in [0.29, 0.717) is 17.0 Å². The molecule has 0 amide bonds. The van der Waals surface area contributed by atoms with Crippen molar-refractivity contribution in [2.24, 2.45) is 0 Å². The van der Waals surface area contributed by atoms with Crippen LogP contribution in [0.4, 0.5) is 5.69 Å². The van der Waals surface area contributed by atoms with Crippen LogP contribution in [0.2, 0.25) is 5.02 Å². The molecule has 0 spiro atoms. The maximum atomic E-state index is 12.1. The van der Waals surface area contributed by atoms with Crippen LogP contribution < -0.4 is 5.73 Å². The molecule has 140 valence electrons. The molecule has 4 aromatic rings. The second-order valence-electron chi connectivity index (χ2n) is 6.61. The van der Waals surface area contributed by atoms with E-state index in [0.717, 1.165) is 33.4 Å². The van der Waals surface area contributed by atoms with E-state index in [-0.39, 0.29) is 5.97 Å². The molecule has 0 bridgehead atoms. The summed E-state index contributed by atoms with van der Waals surface area (Å²) in [4.78, 5) is 12.1.